The number of carbonyl (C=O) groups is 1. The fourth-order valence-corrected chi connectivity index (χ4v) is 2.54. The molecule has 0 aliphatic carbocycles. The third kappa shape index (κ3) is 2.67. The number of halogens is 1. The lowest BCUT2D eigenvalue weighted by molar-refractivity contribution is -0.129. The van der Waals surface area contributed by atoms with Gasteiger partial charge in [-0.15, -0.1) is 0 Å². The van der Waals surface area contributed by atoms with Crippen LogP contribution in [0, 0.1) is 10.2 Å². The molecule has 0 fully saturated rings. The number of aromatic amines is 1. The number of fused-ring (bicyclic) bond motifs is 1. The number of aromatic nitrogens is 2. The number of nitrogens with zero attached hydrogens (tertiary/aromatic N) is 1. The van der Waals surface area contributed by atoms with Gasteiger partial charge in [0.15, 0.2) is 4.77 Å². The minimum absolute atomic E-state index is 0.0160. The highest BCUT2D eigenvalue weighted by Gasteiger charge is 2.28. The van der Waals surface area contributed by atoms with Gasteiger partial charge in [-0.05, 0) is 44.3 Å². The number of nitrogens with one attached hydrogen (secondary N) is 2. The van der Waals surface area contributed by atoms with Crippen LogP contribution in [0.5, 0.6) is 0 Å². The van der Waals surface area contributed by atoms with Crippen molar-refractivity contribution < 1.29 is 4.79 Å². The molecule has 2 aromatic rings. The molecule has 102 valence electrons. The van der Waals surface area contributed by atoms with E-state index in [9.17, 15) is 4.79 Å². The molecule has 0 bridgehead atoms. The molecule has 19 heavy (non-hydrogen) atoms. The summed E-state index contributed by atoms with van der Waals surface area (Å²) in [5.41, 5.74) is 1.29. The first-order valence-electron chi connectivity index (χ1n) is 5.95. The summed E-state index contributed by atoms with van der Waals surface area (Å²) in [7, 11) is 1.64. The number of amides is 1. The van der Waals surface area contributed by atoms with Gasteiger partial charge < -0.3 is 14.9 Å². The summed E-state index contributed by atoms with van der Waals surface area (Å²) >= 11 is 11.3. The molecular weight excluding hydrogens is 282 g/mol. The fourth-order valence-electron chi connectivity index (χ4n) is 2.10. The molecular formula is C13H16ClN3OS. The summed E-state index contributed by atoms with van der Waals surface area (Å²) in [4.78, 5) is 15.0. The van der Waals surface area contributed by atoms with E-state index in [0.29, 0.717) is 16.3 Å². The third-order valence-electron chi connectivity index (χ3n) is 3.13. The Morgan fingerprint density at radius 3 is 2.84 bits per heavy atom. The lowest BCUT2D eigenvalue weighted by Gasteiger charge is -2.23. The minimum atomic E-state index is -0.540. The SMILES string of the molecule is CNC(=O)C(C)(C)Cn1c(=S)[nH]c2cc(Cl)ccc21. The molecule has 2 N–H and O–H groups in total. The van der Waals surface area contributed by atoms with E-state index >= 15 is 0 Å². The minimum Gasteiger partial charge on any atom is -0.359 e. The summed E-state index contributed by atoms with van der Waals surface area (Å²) in [5, 5.41) is 3.33. The van der Waals surface area contributed by atoms with E-state index in [2.05, 4.69) is 10.3 Å². The van der Waals surface area contributed by atoms with Crippen molar-refractivity contribution in [2.75, 3.05) is 7.05 Å². The van der Waals surface area contributed by atoms with Crippen LogP contribution < -0.4 is 5.32 Å². The van der Waals surface area contributed by atoms with E-state index in [1.807, 2.05) is 36.6 Å². The summed E-state index contributed by atoms with van der Waals surface area (Å²) in [5.74, 6) is -0.0160. The Morgan fingerprint density at radius 1 is 1.53 bits per heavy atom. The molecule has 1 heterocycles. The molecule has 0 aliphatic heterocycles. The zero-order valence-electron chi connectivity index (χ0n) is 11.1. The molecule has 4 nitrogen and oxygen atoms in total. The topological polar surface area (TPSA) is 49.8 Å². The monoisotopic (exact) mass is 297 g/mol. The zero-order valence-corrected chi connectivity index (χ0v) is 12.7. The number of imidazole rings is 1. The van der Waals surface area contributed by atoms with Gasteiger partial charge in [0.2, 0.25) is 5.91 Å². The maximum absolute atomic E-state index is 11.9. The number of carbonyl (C=O) groups excluding carboxylic acids is 1. The second-order valence-corrected chi connectivity index (χ2v) is 5.96. The Bertz CT molecular complexity index is 687. The van der Waals surface area contributed by atoms with Gasteiger partial charge in [0.25, 0.3) is 0 Å². The molecule has 0 atom stereocenters. The highest BCUT2D eigenvalue weighted by atomic mass is 35.5. The van der Waals surface area contributed by atoms with Gasteiger partial charge in [-0.2, -0.15) is 0 Å². The number of H-pyrrole nitrogens is 1. The molecule has 6 heteroatoms. The maximum atomic E-state index is 11.9. The molecule has 1 aromatic heterocycles. The van der Waals surface area contributed by atoms with Crippen LogP contribution in [-0.2, 0) is 11.3 Å². The van der Waals surface area contributed by atoms with E-state index in [-0.39, 0.29) is 5.91 Å². The maximum Gasteiger partial charge on any atom is 0.227 e. The molecule has 0 spiro atoms. The van der Waals surface area contributed by atoms with Crippen molar-refractivity contribution in [2.24, 2.45) is 5.41 Å². The number of benzene rings is 1. The summed E-state index contributed by atoms with van der Waals surface area (Å²) in [6, 6.07) is 5.55. The second kappa shape index (κ2) is 4.98. The van der Waals surface area contributed by atoms with Crippen molar-refractivity contribution in [2.45, 2.75) is 20.4 Å². The van der Waals surface area contributed by atoms with Crippen molar-refractivity contribution in [3.63, 3.8) is 0 Å². The van der Waals surface area contributed by atoms with E-state index in [4.69, 9.17) is 23.8 Å². The Hall–Kier alpha value is -1.33. The normalized spacial score (nSPS) is 11.8. The fraction of sp³-hybridized carbons (Fsp3) is 0.385. The molecule has 0 radical (unpaired) electrons. The Morgan fingerprint density at radius 2 is 2.21 bits per heavy atom. The highest BCUT2D eigenvalue weighted by molar-refractivity contribution is 7.71. The first-order valence-corrected chi connectivity index (χ1v) is 6.74. The first kappa shape index (κ1) is 14.1. The van der Waals surface area contributed by atoms with Crippen molar-refractivity contribution in [3.8, 4) is 0 Å². The first-order chi connectivity index (χ1) is 8.85. The van der Waals surface area contributed by atoms with Crippen molar-refractivity contribution in [3.05, 3.63) is 28.0 Å². The van der Waals surface area contributed by atoms with E-state index in [0.717, 1.165) is 11.0 Å². The highest BCUT2D eigenvalue weighted by Crippen LogP contribution is 2.24. The van der Waals surface area contributed by atoms with Crippen LogP contribution >= 0.6 is 23.8 Å². The molecule has 0 aliphatic rings. The van der Waals surface area contributed by atoms with Gasteiger partial charge in [-0.1, -0.05) is 11.6 Å². The Balaban J connectivity index is 2.49. The van der Waals surface area contributed by atoms with Crippen LogP contribution in [0.25, 0.3) is 11.0 Å². The predicted octanol–water partition coefficient (Wildman–Crippen LogP) is 3.12. The number of hydrogen-bond acceptors (Lipinski definition) is 2. The molecule has 1 aromatic carbocycles. The quantitative estimate of drug-likeness (QED) is 0.855. The average molecular weight is 298 g/mol. The molecule has 0 saturated heterocycles. The lowest BCUT2D eigenvalue weighted by atomic mass is 9.92. The largest absolute Gasteiger partial charge is 0.359 e. The van der Waals surface area contributed by atoms with E-state index in [1.165, 1.54) is 0 Å². The molecule has 2 rings (SSSR count). The van der Waals surface area contributed by atoms with Crippen LogP contribution in [0.4, 0.5) is 0 Å². The lowest BCUT2D eigenvalue weighted by Crippen LogP contribution is -2.37. The molecule has 0 unspecified atom stereocenters. The van der Waals surface area contributed by atoms with Gasteiger partial charge in [0.05, 0.1) is 16.4 Å². The summed E-state index contributed by atoms with van der Waals surface area (Å²) < 4.78 is 2.52. The van der Waals surface area contributed by atoms with Crippen LogP contribution in [0.15, 0.2) is 18.2 Å². The van der Waals surface area contributed by atoms with Crippen molar-refractivity contribution >= 4 is 40.8 Å². The van der Waals surface area contributed by atoms with Gasteiger partial charge in [0, 0.05) is 18.6 Å². The van der Waals surface area contributed by atoms with Gasteiger partial charge in [-0.25, -0.2) is 0 Å². The van der Waals surface area contributed by atoms with Crippen molar-refractivity contribution in [1.29, 1.82) is 0 Å². The van der Waals surface area contributed by atoms with Crippen LogP contribution in [0.3, 0.4) is 0 Å². The Kier molecular flexibility index (Phi) is 3.69. The van der Waals surface area contributed by atoms with Crippen molar-refractivity contribution in [1.82, 2.24) is 14.9 Å². The predicted molar refractivity (Wildman–Crippen MR) is 80.0 cm³/mol. The molecule has 0 saturated carbocycles. The summed E-state index contributed by atoms with van der Waals surface area (Å²) in [6.45, 7) is 4.29. The summed E-state index contributed by atoms with van der Waals surface area (Å²) in [6.07, 6.45) is 0. The molecule has 1 amide bonds. The Labute approximate surface area is 121 Å². The average Bonchev–Trinajstić information content (AvgIpc) is 2.63. The second-order valence-electron chi connectivity index (χ2n) is 5.14. The number of hydrogen-bond donors (Lipinski definition) is 2. The van der Waals surface area contributed by atoms with Crippen LogP contribution in [-0.4, -0.2) is 22.5 Å². The van der Waals surface area contributed by atoms with Gasteiger partial charge in [-0.3, -0.25) is 4.79 Å². The van der Waals surface area contributed by atoms with Crippen LogP contribution in [0.1, 0.15) is 13.8 Å². The number of rotatable bonds is 3. The van der Waals surface area contributed by atoms with Crippen LogP contribution in [0.2, 0.25) is 5.02 Å². The van der Waals surface area contributed by atoms with E-state index < -0.39 is 5.41 Å². The van der Waals surface area contributed by atoms with Gasteiger partial charge in [0.1, 0.15) is 0 Å². The van der Waals surface area contributed by atoms with Gasteiger partial charge >= 0.3 is 0 Å². The third-order valence-corrected chi connectivity index (χ3v) is 3.69. The zero-order chi connectivity index (χ0) is 14.2. The standard InChI is InChI=1S/C13H16ClN3OS/c1-13(2,11(18)15-3)7-17-10-5-4-8(14)6-9(10)16-12(17)19/h4-6H,7H2,1-3H3,(H,15,18)(H,16,19). The van der Waals surface area contributed by atoms with E-state index in [1.54, 1.807) is 7.05 Å². The smallest absolute Gasteiger partial charge is 0.227 e.